The van der Waals surface area contributed by atoms with E-state index in [1.165, 1.54) is 12.0 Å². The highest BCUT2D eigenvalue weighted by atomic mass is 16.2. The number of primary amides is 1. The highest BCUT2D eigenvalue weighted by molar-refractivity contribution is 5.96. The van der Waals surface area contributed by atoms with Gasteiger partial charge in [-0.15, -0.1) is 0 Å². The summed E-state index contributed by atoms with van der Waals surface area (Å²) in [4.78, 5) is 35.0. The number of nitrogens with two attached hydrogens (primary N) is 1. The first kappa shape index (κ1) is 26.2. The lowest BCUT2D eigenvalue weighted by Crippen LogP contribution is -2.31. The van der Waals surface area contributed by atoms with Gasteiger partial charge < -0.3 is 26.2 Å². The standard InChI is InChI=1S/C22H31N5O.C4H8N2O/c1-4-12-22(2,3)16-8-10-17(11-9-16)25-21-19(20(23)28)24-15-18(26-21)27-13-6-5-7-14-27;1-6-3-2-5-4(6)7/h8-11,15H,4-7,12-14H2,1-3H3,(H2,23,28)(H,25,26);2-3H2,1H3,(H,5,7). The molecule has 0 atom stereocenters. The minimum atomic E-state index is -0.583. The van der Waals surface area contributed by atoms with Gasteiger partial charge in [0.2, 0.25) is 0 Å². The predicted molar refractivity (Wildman–Crippen MR) is 140 cm³/mol. The molecule has 0 aliphatic carbocycles. The molecule has 0 saturated carbocycles. The maximum atomic E-state index is 11.8. The van der Waals surface area contributed by atoms with Crippen molar-refractivity contribution in [1.82, 2.24) is 20.2 Å². The number of carbonyl (C=O) groups is 2. The zero-order chi connectivity index (χ0) is 25.4. The zero-order valence-corrected chi connectivity index (χ0v) is 21.4. The summed E-state index contributed by atoms with van der Waals surface area (Å²) in [5, 5.41) is 5.90. The van der Waals surface area contributed by atoms with Crippen molar-refractivity contribution in [3.05, 3.63) is 41.7 Å². The van der Waals surface area contributed by atoms with Crippen LogP contribution < -0.4 is 21.3 Å². The van der Waals surface area contributed by atoms with Crippen LogP contribution in [0.1, 0.15) is 68.9 Å². The molecule has 0 radical (unpaired) electrons. The van der Waals surface area contributed by atoms with Crippen molar-refractivity contribution in [2.45, 2.75) is 58.3 Å². The molecule has 0 bridgehead atoms. The van der Waals surface area contributed by atoms with Gasteiger partial charge in [-0.25, -0.2) is 14.8 Å². The number of nitrogens with one attached hydrogen (secondary N) is 2. The van der Waals surface area contributed by atoms with Crippen LogP contribution >= 0.6 is 0 Å². The number of rotatable bonds is 7. The Hall–Kier alpha value is -3.36. The Kier molecular flexibility index (Phi) is 8.89. The molecule has 0 spiro atoms. The lowest BCUT2D eigenvalue weighted by atomic mass is 9.81. The number of carbonyl (C=O) groups excluding carboxylic acids is 2. The van der Waals surface area contributed by atoms with Gasteiger partial charge in [-0.3, -0.25) is 4.79 Å². The molecular weight excluding hydrogens is 442 g/mol. The van der Waals surface area contributed by atoms with Crippen LogP contribution in [0.5, 0.6) is 0 Å². The SMILES string of the molecule is CCCC(C)(C)c1ccc(Nc2nc(N3CCCCC3)cnc2C(N)=O)cc1.CN1CCNC1=O. The van der Waals surface area contributed by atoms with Gasteiger partial charge in [-0.05, 0) is 48.8 Å². The van der Waals surface area contributed by atoms with Crippen molar-refractivity contribution in [1.29, 1.82) is 0 Å². The van der Waals surface area contributed by atoms with Gasteiger partial charge in [0, 0.05) is 38.9 Å². The Bertz CT molecular complexity index is 1000. The monoisotopic (exact) mass is 481 g/mol. The molecule has 9 heteroatoms. The second kappa shape index (κ2) is 11.9. The summed E-state index contributed by atoms with van der Waals surface area (Å²) in [7, 11) is 1.78. The molecule has 9 nitrogen and oxygen atoms in total. The van der Waals surface area contributed by atoms with Gasteiger partial charge in [0.1, 0.15) is 5.82 Å². The third-order valence-electron chi connectivity index (χ3n) is 6.55. The number of amides is 3. The molecule has 3 amide bonds. The number of likely N-dealkylation sites (N-methyl/N-ethyl adjacent to an activating group) is 1. The van der Waals surface area contributed by atoms with Crippen LogP contribution in [0.15, 0.2) is 30.5 Å². The number of hydrogen-bond donors (Lipinski definition) is 3. The van der Waals surface area contributed by atoms with Crippen LogP contribution in [0, 0.1) is 0 Å². The van der Waals surface area contributed by atoms with Crippen molar-refractivity contribution >= 4 is 29.3 Å². The van der Waals surface area contributed by atoms with Crippen LogP contribution in [0.2, 0.25) is 0 Å². The summed E-state index contributed by atoms with van der Waals surface area (Å²) in [6.45, 7) is 10.3. The van der Waals surface area contributed by atoms with Crippen molar-refractivity contribution in [2.24, 2.45) is 5.73 Å². The number of urea groups is 1. The lowest BCUT2D eigenvalue weighted by Gasteiger charge is -2.28. The van der Waals surface area contributed by atoms with Crippen LogP contribution in [-0.4, -0.2) is 60.0 Å². The summed E-state index contributed by atoms with van der Waals surface area (Å²) in [6.07, 6.45) is 7.47. The molecule has 3 heterocycles. The summed E-state index contributed by atoms with van der Waals surface area (Å²) in [5.74, 6) is 0.616. The maximum absolute atomic E-state index is 11.8. The van der Waals surface area contributed by atoms with Crippen molar-refractivity contribution in [2.75, 3.05) is 43.4 Å². The van der Waals surface area contributed by atoms with Gasteiger partial charge in [-0.2, -0.15) is 0 Å². The normalized spacial score (nSPS) is 15.8. The molecule has 2 aliphatic rings. The molecule has 2 saturated heterocycles. The van der Waals surface area contributed by atoms with Gasteiger partial charge in [0.05, 0.1) is 6.20 Å². The number of nitrogens with zero attached hydrogens (tertiary/aromatic N) is 4. The summed E-state index contributed by atoms with van der Waals surface area (Å²) < 4.78 is 0. The van der Waals surface area contributed by atoms with E-state index >= 15 is 0 Å². The van der Waals surface area contributed by atoms with E-state index < -0.39 is 5.91 Å². The van der Waals surface area contributed by atoms with Gasteiger partial charge >= 0.3 is 6.03 Å². The molecular formula is C26H39N7O2. The fourth-order valence-electron chi connectivity index (χ4n) is 4.40. The summed E-state index contributed by atoms with van der Waals surface area (Å²) in [5.41, 5.74) is 7.98. The molecule has 4 N–H and O–H groups in total. The molecule has 2 aliphatic heterocycles. The van der Waals surface area contributed by atoms with E-state index in [0.29, 0.717) is 5.82 Å². The van der Waals surface area contributed by atoms with Crippen molar-refractivity contribution in [3.63, 3.8) is 0 Å². The Balaban J connectivity index is 0.000000420. The maximum Gasteiger partial charge on any atom is 0.317 e. The average molecular weight is 482 g/mol. The Morgan fingerprint density at radius 3 is 2.34 bits per heavy atom. The van der Waals surface area contributed by atoms with E-state index in [2.05, 4.69) is 58.4 Å². The van der Waals surface area contributed by atoms with E-state index in [9.17, 15) is 9.59 Å². The number of aromatic nitrogens is 2. The smallest absolute Gasteiger partial charge is 0.317 e. The van der Waals surface area contributed by atoms with Gasteiger partial charge in [0.15, 0.2) is 11.5 Å². The molecule has 1 aromatic carbocycles. The molecule has 190 valence electrons. The molecule has 2 aromatic rings. The number of piperidine rings is 1. The van der Waals surface area contributed by atoms with E-state index in [1.807, 2.05) is 12.1 Å². The van der Waals surface area contributed by atoms with E-state index in [0.717, 1.165) is 63.4 Å². The van der Waals surface area contributed by atoms with Crippen molar-refractivity contribution in [3.8, 4) is 0 Å². The van der Waals surface area contributed by atoms with Crippen LogP contribution in [-0.2, 0) is 5.41 Å². The molecule has 2 fully saturated rings. The minimum absolute atomic E-state index is 0.0417. The van der Waals surface area contributed by atoms with Crippen LogP contribution in [0.4, 0.5) is 22.1 Å². The molecule has 0 unspecified atom stereocenters. The Morgan fingerprint density at radius 2 is 1.83 bits per heavy atom. The number of benzene rings is 1. The average Bonchev–Trinajstić information content (AvgIpc) is 3.22. The number of anilines is 3. The number of hydrogen-bond acceptors (Lipinski definition) is 6. The van der Waals surface area contributed by atoms with Gasteiger partial charge in [0.25, 0.3) is 5.91 Å². The Labute approximate surface area is 208 Å². The first-order chi connectivity index (χ1) is 16.7. The lowest BCUT2D eigenvalue weighted by molar-refractivity contribution is 0.0996. The Morgan fingerprint density at radius 1 is 1.14 bits per heavy atom. The predicted octanol–water partition coefficient (Wildman–Crippen LogP) is 4.03. The quantitative estimate of drug-likeness (QED) is 0.550. The minimum Gasteiger partial charge on any atom is -0.364 e. The molecule has 4 rings (SSSR count). The van der Waals surface area contributed by atoms with E-state index in [1.54, 1.807) is 18.1 Å². The first-order valence-corrected chi connectivity index (χ1v) is 12.5. The molecule has 35 heavy (non-hydrogen) atoms. The first-order valence-electron chi connectivity index (χ1n) is 12.5. The highest BCUT2D eigenvalue weighted by Crippen LogP contribution is 2.30. The van der Waals surface area contributed by atoms with Crippen LogP contribution in [0.25, 0.3) is 0 Å². The highest BCUT2D eigenvalue weighted by Gasteiger charge is 2.20. The fraction of sp³-hybridized carbons (Fsp3) is 0.538. The third-order valence-corrected chi connectivity index (χ3v) is 6.55. The summed E-state index contributed by atoms with van der Waals surface area (Å²) in [6, 6.07) is 8.34. The van der Waals surface area contributed by atoms with E-state index in [4.69, 9.17) is 5.73 Å². The second-order valence-electron chi connectivity index (χ2n) is 9.83. The topological polar surface area (TPSA) is 116 Å². The fourth-order valence-corrected chi connectivity index (χ4v) is 4.40. The zero-order valence-electron chi connectivity index (χ0n) is 21.4. The van der Waals surface area contributed by atoms with Crippen LogP contribution in [0.3, 0.4) is 0 Å². The van der Waals surface area contributed by atoms with E-state index in [-0.39, 0.29) is 17.1 Å². The third kappa shape index (κ3) is 7.07. The molecule has 1 aromatic heterocycles. The second-order valence-corrected chi connectivity index (χ2v) is 9.83. The largest absolute Gasteiger partial charge is 0.364 e. The van der Waals surface area contributed by atoms with Crippen molar-refractivity contribution < 1.29 is 9.59 Å². The van der Waals surface area contributed by atoms with Gasteiger partial charge in [-0.1, -0.05) is 39.3 Å². The summed E-state index contributed by atoms with van der Waals surface area (Å²) >= 11 is 0.